The van der Waals surface area contributed by atoms with Crippen molar-refractivity contribution in [3.8, 4) is 0 Å². The van der Waals surface area contributed by atoms with Crippen LogP contribution in [0.3, 0.4) is 0 Å². The van der Waals surface area contributed by atoms with Gasteiger partial charge in [-0.05, 0) is 42.0 Å². The number of benzene rings is 2. The molecule has 0 fully saturated rings. The molecule has 0 aliphatic rings. The minimum Gasteiger partial charge on any atom is -0.355 e. The Bertz CT molecular complexity index is 702. The van der Waals surface area contributed by atoms with E-state index in [0.717, 1.165) is 14.9 Å². The molecule has 0 spiro atoms. The molecule has 0 aliphatic carbocycles. The lowest BCUT2D eigenvalue weighted by atomic mass is 10.1. The van der Waals surface area contributed by atoms with Crippen LogP contribution in [0.4, 0.5) is 0 Å². The SMILES string of the molecule is CNC(=O)c1ccc(CN(C)C(=O)CSc2ccc(Br)cc2)cc1. The highest BCUT2D eigenvalue weighted by Crippen LogP contribution is 2.21. The summed E-state index contributed by atoms with van der Waals surface area (Å²) in [4.78, 5) is 26.5. The lowest BCUT2D eigenvalue weighted by Crippen LogP contribution is -2.27. The van der Waals surface area contributed by atoms with Gasteiger partial charge in [-0.1, -0.05) is 28.1 Å². The van der Waals surface area contributed by atoms with Crippen molar-refractivity contribution in [2.24, 2.45) is 0 Å². The summed E-state index contributed by atoms with van der Waals surface area (Å²) >= 11 is 4.92. The molecule has 6 heteroatoms. The first-order chi connectivity index (χ1) is 11.5. The number of halogens is 1. The predicted molar refractivity (Wildman–Crippen MR) is 101 cm³/mol. The summed E-state index contributed by atoms with van der Waals surface area (Å²) in [7, 11) is 3.39. The third kappa shape index (κ3) is 5.39. The van der Waals surface area contributed by atoms with Crippen LogP contribution in [0, 0.1) is 0 Å². The molecule has 4 nitrogen and oxygen atoms in total. The summed E-state index contributed by atoms with van der Waals surface area (Å²) in [5.74, 6) is 0.351. The van der Waals surface area contributed by atoms with Gasteiger partial charge in [0, 0.05) is 35.6 Å². The van der Waals surface area contributed by atoms with Crippen LogP contribution in [-0.4, -0.2) is 36.6 Å². The highest BCUT2D eigenvalue weighted by Gasteiger charge is 2.10. The number of nitrogens with zero attached hydrogens (tertiary/aromatic N) is 1. The Hall–Kier alpha value is -1.79. The molecule has 2 amide bonds. The molecule has 1 N–H and O–H groups in total. The molecule has 2 rings (SSSR count). The first-order valence-electron chi connectivity index (χ1n) is 7.43. The zero-order chi connectivity index (χ0) is 17.5. The van der Waals surface area contributed by atoms with Gasteiger partial charge in [0.1, 0.15) is 0 Å². The van der Waals surface area contributed by atoms with Crippen molar-refractivity contribution in [3.05, 3.63) is 64.1 Å². The monoisotopic (exact) mass is 406 g/mol. The molecular formula is C18H19BrN2O2S. The maximum Gasteiger partial charge on any atom is 0.251 e. The second-order valence-electron chi connectivity index (χ2n) is 5.27. The fourth-order valence-corrected chi connectivity index (χ4v) is 3.16. The summed E-state index contributed by atoms with van der Waals surface area (Å²) in [6, 6.07) is 15.2. The van der Waals surface area contributed by atoms with E-state index in [1.807, 2.05) is 36.4 Å². The maximum atomic E-state index is 12.2. The number of carbonyl (C=O) groups is 2. The van der Waals surface area contributed by atoms with Crippen molar-refractivity contribution in [1.29, 1.82) is 0 Å². The molecule has 126 valence electrons. The number of nitrogens with one attached hydrogen (secondary N) is 1. The molecule has 0 aliphatic heterocycles. The molecule has 24 heavy (non-hydrogen) atoms. The lowest BCUT2D eigenvalue weighted by Gasteiger charge is -2.17. The van der Waals surface area contributed by atoms with Crippen molar-refractivity contribution in [1.82, 2.24) is 10.2 Å². The molecule has 2 aromatic carbocycles. The number of amides is 2. The van der Waals surface area contributed by atoms with Crippen LogP contribution in [0.2, 0.25) is 0 Å². The average molecular weight is 407 g/mol. The van der Waals surface area contributed by atoms with Gasteiger partial charge in [0.05, 0.1) is 5.75 Å². The van der Waals surface area contributed by atoms with Gasteiger partial charge in [0.15, 0.2) is 0 Å². The van der Waals surface area contributed by atoms with Gasteiger partial charge in [-0.3, -0.25) is 9.59 Å². The fraction of sp³-hybridized carbons (Fsp3) is 0.222. The molecule has 0 bridgehead atoms. The molecule has 0 aromatic heterocycles. The maximum absolute atomic E-state index is 12.2. The molecule has 0 saturated carbocycles. The molecule has 0 unspecified atom stereocenters. The number of thioether (sulfide) groups is 1. The van der Waals surface area contributed by atoms with E-state index in [9.17, 15) is 9.59 Å². The van der Waals surface area contributed by atoms with Crippen molar-refractivity contribution < 1.29 is 9.59 Å². The summed E-state index contributed by atoms with van der Waals surface area (Å²) in [5, 5.41) is 2.59. The topological polar surface area (TPSA) is 49.4 Å². The van der Waals surface area contributed by atoms with Gasteiger partial charge in [0.2, 0.25) is 5.91 Å². The van der Waals surface area contributed by atoms with Crippen LogP contribution in [0.1, 0.15) is 15.9 Å². The zero-order valence-corrected chi connectivity index (χ0v) is 16.0. The number of hydrogen-bond donors (Lipinski definition) is 1. The summed E-state index contributed by atoms with van der Waals surface area (Å²) in [5.41, 5.74) is 1.60. The van der Waals surface area contributed by atoms with Crippen molar-refractivity contribution >= 4 is 39.5 Å². The standard InChI is InChI=1S/C18H19BrN2O2S/c1-20-18(23)14-5-3-13(4-6-14)11-21(2)17(22)12-24-16-9-7-15(19)8-10-16/h3-10H,11-12H2,1-2H3,(H,20,23). The normalized spacial score (nSPS) is 10.3. The Morgan fingerprint density at radius 1 is 1.08 bits per heavy atom. The smallest absolute Gasteiger partial charge is 0.251 e. The van der Waals surface area contributed by atoms with Crippen LogP contribution < -0.4 is 5.32 Å². The second-order valence-corrected chi connectivity index (χ2v) is 7.23. The number of rotatable bonds is 6. The number of hydrogen-bond acceptors (Lipinski definition) is 3. The van der Waals surface area contributed by atoms with E-state index < -0.39 is 0 Å². The van der Waals surface area contributed by atoms with E-state index >= 15 is 0 Å². The van der Waals surface area contributed by atoms with E-state index in [1.165, 1.54) is 11.8 Å². The molecule has 0 radical (unpaired) electrons. The largest absolute Gasteiger partial charge is 0.355 e. The third-order valence-corrected chi connectivity index (χ3v) is 4.99. The fourth-order valence-electron chi connectivity index (χ4n) is 2.05. The second kappa shape index (κ2) is 8.89. The minimum atomic E-state index is -0.114. The summed E-state index contributed by atoms with van der Waals surface area (Å²) < 4.78 is 1.02. The van der Waals surface area contributed by atoms with Crippen molar-refractivity contribution in [2.45, 2.75) is 11.4 Å². The van der Waals surface area contributed by atoms with Crippen molar-refractivity contribution in [3.63, 3.8) is 0 Å². The summed E-state index contributed by atoms with van der Waals surface area (Å²) in [6.07, 6.45) is 0. The average Bonchev–Trinajstić information content (AvgIpc) is 2.60. The van der Waals surface area contributed by atoms with Gasteiger partial charge >= 0.3 is 0 Å². The van der Waals surface area contributed by atoms with Crippen LogP contribution in [0.5, 0.6) is 0 Å². The lowest BCUT2D eigenvalue weighted by molar-refractivity contribution is -0.127. The van der Waals surface area contributed by atoms with Crippen LogP contribution in [-0.2, 0) is 11.3 Å². The Morgan fingerprint density at radius 3 is 2.29 bits per heavy atom. The van der Waals surface area contributed by atoms with Gasteiger partial charge in [-0.2, -0.15) is 0 Å². The molecule has 2 aromatic rings. The molecule has 0 saturated heterocycles. The first-order valence-corrected chi connectivity index (χ1v) is 9.21. The minimum absolute atomic E-state index is 0.0679. The Kier molecular flexibility index (Phi) is 6.87. The summed E-state index contributed by atoms with van der Waals surface area (Å²) in [6.45, 7) is 0.522. The van der Waals surface area contributed by atoms with Crippen LogP contribution >= 0.6 is 27.7 Å². The van der Waals surface area contributed by atoms with Gasteiger partial charge in [-0.25, -0.2) is 0 Å². The van der Waals surface area contributed by atoms with E-state index in [-0.39, 0.29) is 11.8 Å². The molecule has 0 heterocycles. The Balaban J connectivity index is 1.86. The highest BCUT2D eigenvalue weighted by atomic mass is 79.9. The highest BCUT2D eigenvalue weighted by molar-refractivity contribution is 9.10. The molecule has 0 atom stereocenters. The molecular weight excluding hydrogens is 388 g/mol. The van der Waals surface area contributed by atoms with Gasteiger partial charge in [-0.15, -0.1) is 11.8 Å². The van der Waals surface area contributed by atoms with E-state index in [2.05, 4.69) is 21.2 Å². The van der Waals surface area contributed by atoms with Gasteiger partial charge < -0.3 is 10.2 Å². The van der Waals surface area contributed by atoms with Crippen LogP contribution in [0.15, 0.2) is 57.9 Å². The van der Waals surface area contributed by atoms with E-state index in [0.29, 0.717) is 17.9 Å². The van der Waals surface area contributed by atoms with E-state index in [1.54, 1.807) is 31.1 Å². The van der Waals surface area contributed by atoms with Gasteiger partial charge in [0.25, 0.3) is 5.91 Å². The Labute approximate surface area is 154 Å². The van der Waals surface area contributed by atoms with E-state index in [4.69, 9.17) is 0 Å². The van der Waals surface area contributed by atoms with Crippen LogP contribution in [0.25, 0.3) is 0 Å². The number of carbonyl (C=O) groups excluding carboxylic acids is 2. The Morgan fingerprint density at radius 2 is 1.71 bits per heavy atom. The predicted octanol–water partition coefficient (Wildman–Crippen LogP) is 3.56. The first kappa shape index (κ1) is 18.5. The van der Waals surface area contributed by atoms with Crippen molar-refractivity contribution in [2.75, 3.05) is 19.8 Å². The third-order valence-electron chi connectivity index (χ3n) is 3.46. The quantitative estimate of drug-likeness (QED) is 0.745. The zero-order valence-electron chi connectivity index (χ0n) is 13.6.